The average molecular weight is 1240 g/mol. The quantitative estimate of drug-likeness (QED) is 0.0734. The molecule has 0 radical (unpaired) electrons. The van der Waals surface area contributed by atoms with E-state index < -0.39 is 24.4 Å². The second kappa shape index (κ2) is 27.5. The Kier molecular flexibility index (Phi) is 22.4. The first-order valence-corrected chi connectivity index (χ1v) is 35.6. The third-order valence-corrected chi connectivity index (χ3v) is 19.9. The summed E-state index contributed by atoms with van der Waals surface area (Å²) < 4.78 is 60.8. The zero-order valence-electron chi connectivity index (χ0n) is 60.4. The lowest BCUT2D eigenvalue weighted by Gasteiger charge is -2.52. The van der Waals surface area contributed by atoms with Gasteiger partial charge in [-0.2, -0.15) is 0 Å². The molecule has 9 aliphatic rings. The molecular formula is C72H136N8O8. The predicted octanol–water partition coefficient (Wildman–Crippen LogP) is 10.9. The van der Waals surface area contributed by atoms with E-state index in [9.17, 15) is 0 Å². The molecular weight excluding hydrogens is 1100 g/mol. The fraction of sp³-hybridized carbons (Fsp3) is 1.00. The normalized spacial score (nSPS) is 41.2. The number of hydrogen-bond acceptors (Lipinski definition) is 16. The van der Waals surface area contributed by atoms with E-state index in [2.05, 4.69) is 209 Å². The molecule has 0 aromatic rings. The summed E-state index contributed by atoms with van der Waals surface area (Å²) in [7, 11) is 0. The average Bonchev–Trinajstić information content (AvgIpc) is 1.58. The van der Waals surface area contributed by atoms with Crippen molar-refractivity contribution in [1.82, 2.24) is 42.5 Å². The van der Waals surface area contributed by atoms with Crippen LogP contribution in [0.1, 0.15) is 218 Å². The number of nitrogens with one attached hydrogen (secondary N) is 8. The topological polar surface area (TPSA) is 170 Å². The molecule has 512 valence electrons. The van der Waals surface area contributed by atoms with Crippen molar-refractivity contribution >= 4 is 0 Å². The predicted molar refractivity (Wildman–Crippen MR) is 354 cm³/mol. The maximum atomic E-state index is 7.70. The summed E-state index contributed by atoms with van der Waals surface area (Å²) in [5, 5.41) is 35.5. The number of rotatable bonds is 16. The highest BCUT2D eigenvalue weighted by atomic mass is 16.6. The van der Waals surface area contributed by atoms with Gasteiger partial charge in [0.1, 0.15) is 24.4 Å². The summed E-state index contributed by atoms with van der Waals surface area (Å²) in [4.78, 5) is 0. The molecule has 0 spiro atoms. The zero-order valence-corrected chi connectivity index (χ0v) is 60.4. The van der Waals surface area contributed by atoms with Crippen molar-refractivity contribution in [3.8, 4) is 0 Å². The van der Waals surface area contributed by atoms with Crippen molar-refractivity contribution in [2.24, 2.45) is 90.7 Å². The van der Waals surface area contributed by atoms with Crippen molar-refractivity contribution in [2.75, 3.05) is 52.9 Å². The van der Waals surface area contributed by atoms with Gasteiger partial charge in [0, 0.05) is 23.7 Å². The van der Waals surface area contributed by atoms with Crippen LogP contribution in [0.4, 0.5) is 0 Å². The summed E-state index contributed by atoms with van der Waals surface area (Å²) in [5.41, 5.74) is -0.959. The maximum absolute atomic E-state index is 7.70. The SMILES string of the molecule is CC(C)(C)COC1C(OCC(C)(C)C)C(OCC(C)(C)C)C2C3NC(NC4NC(NC5NC(NC6NC(N3)C3C(OCC(C)(C)C)C(OCC(C)(C)C)C(OCC(C)(C)C)C(OCC(C)(C)C)C63)C3CCCCC53)C3CCCCC43)C2C1OCC(C)(C)C. The molecule has 8 bridgehead atoms. The molecule has 24 atom stereocenters. The van der Waals surface area contributed by atoms with Crippen LogP contribution in [-0.2, 0) is 37.9 Å². The van der Waals surface area contributed by atoms with E-state index in [-0.39, 0.29) is 141 Å². The molecule has 9 fully saturated rings. The maximum Gasteiger partial charge on any atom is 0.113 e. The van der Waals surface area contributed by atoms with Gasteiger partial charge in [-0.3, -0.25) is 42.5 Å². The molecule has 16 nitrogen and oxygen atoms in total. The molecule has 8 N–H and O–H groups in total. The van der Waals surface area contributed by atoms with Gasteiger partial charge in [0.25, 0.3) is 0 Å². The molecule has 9 rings (SSSR count). The van der Waals surface area contributed by atoms with E-state index in [1.165, 1.54) is 51.4 Å². The summed E-state index contributed by atoms with van der Waals surface area (Å²) in [6, 6.07) is 0. The monoisotopic (exact) mass is 1240 g/mol. The van der Waals surface area contributed by atoms with E-state index >= 15 is 0 Å². The molecule has 16 heteroatoms. The van der Waals surface area contributed by atoms with Gasteiger partial charge in [-0.15, -0.1) is 0 Å². The molecule has 0 aromatic carbocycles. The summed E-state index contributed by atoms with van der Waals surface area (Å²) in [5.74, 6) is 1.39. The van der Waals surface area contributed by atoms with Crippen LogP contribution in [0.15, 0.2) is 0 Å². The Labute approximate surface area is 537 Å². The first kappa shape index (κ1) is 71.6. The first-order chi connectivity index (χ1) is 40.6. The number of ether oxygens (including phenoxy) is 8. The van der Waals surface area contributed by atoms with E-state index in [0.717, 1.165) is 0 Å². The Morgan fingerprint density at radius 3 is 0.500 bits per heavy atom. The minimum atomic E-state index is -0.442. The minimum absolute atomic E-state index is 0.0597. The van der Waals surface area contributed by atoms with Crippen LogP contribution in [0.5, 0.6) is 0 Å². The highest BCUT2D eigenvalue weighted by Crippen LogP contribution is 2.51. The number of hydrogen-bond donors (Lipinski definition) is 8. The van der Waals surface area contributed by atoms with Gasteiger partial charge in [-0.05, 0) is 92.7 Å². The standard InChI is InChI=1S/C72H136N8O8/c1-65(2,3)33-81-49-45-47(51(83-35-67(7,8)9)55(87-39-71(19,20)21)53(49)85-37-69(13,14)15)63-78-61(45)76-59-43-31-27-25-29-41(43)57(74-59)73-58-42-30-26-28-32-44(42)60(75-58)77-62-46-48(64(79-62)80-63)52(84-36-68(10,11)12)56(88-40-72(22,23)24)54(86-38-70(16,17)18)50(46)82-34-66(4,5)6/h41-64,73-80H,25-40H2,1-24H3. The molecule has 5 heterocycles. The lowest BCUT2D eigenvalue weighted by atomic mass is 9.70. The van der Waals surface area contributed by atoms with Crippen molar-refractivity contribution in [2.45, 2.75) is 316 Å². The Bertz CT molecular complexity index is 2050. The van der Waals surface area contributed by atoms with Crippen molar-refractivity contribution in [3.63, 3.8) is 0 Å². The number of fused-ring (bicyclic) bond motifs is 20. The minimum Gasteiger partial charge on any atom is -0.374 e. The molecule has 4 saturated carbocycles. The van der Waals surface area contributed by atoms with Gasteiger partial charge in [-0.25, -0.2) is 0 Å². The third-order valence-electron chi connectivity index (χ3n) is 19.9. The summed E-state index contributed by atoms with van der Waals surface area (Å²) in [6.07, 6.45) is 6.05. The van der Waals surface area contributed by atoms with Crippen molar-refractivity contribution < 1.29 is 37.9 Å². The third kappa shape index (κ3) is 18.5. The lowest BCUT2D eigenvalue weighted by Crippen LogP contribution is -2.68. The van der Waals surface area contributed by atoms with Crippen LogP contribution in [0.2, 0.25) is 0 Å². The fourth-order valence-corrected chi connectivity index (χ4v) is 16.3. The van der Waals surface area contributed by atoms with Crippen molar-refractivity contribution in [3.05, 3.63) is 0 Å². The summed E-state index contributed by atoms with van der Waals surface area (Å²) in [6.45, 7) is 59.2. The van der Waals surface area contributed by atoms with E-state index in [4.69, 9.17) is 37.9 Å². The van der Waals surface area contributed by atoms with E-state index in [1.54, 1.807) is 0 Å². The first-order valence-electron chi connectivity index (χ1n) is 35.6. The van der Waals surface area contributed by atoms with Crippen molar-refractivity contribution in [1.29, 1.82) is 0 Å². The fourth-order valence-electron chi connectivity index (χ4n) is 16.3. The summed E-state index contributed by atoms with van der Waals surface area (Å²) >= 11 is 0. The molecule has 5 aliphatic heterocycles. The highest BCUT2D eigenvalue weighted by molar-refractivity contribution is 5.17. The zero-order chi connectivity index (χ0) is 64.5. The second-order valence-corrected chi connectivity index (χ2v) is 39.4. The van der Waals surface area contributed by atoms with E-state index in [0.29, 0.717) is 76.5 Å². The molecule has 5 saturated heterocycles. The molecule has 4 aliphatic carbocycles. The van der Waals surface area contributed by atoms with Gasteiger partial charge in [0.2, 0.25) is 0 Å². The van der Waals surface area contributed by atoms with Crippen LogP contribution in [0, 0.1) is 90.7 Å². The van der Waals surface area contributed by atoms with Gasteiger partial charge in [0.15, 0.2) is 0 Å². The smallest absolute Gasteiger partial charge is 0.113 e. The van der Waals surface area contributed by atoms with Crippen LogP contribution in [-0.4, -0.2) is 151 Å². The lowest BCUT2D eigenvalue weighted by molar-refractivity contribution is -0.255. The van der Waals surface area contributed by atoms with Crippen LogP contribution >= 0.6 is 0 Å². The Morgan fingerprint density at radius 1 is 0.205 bits per heavy atom. The molecule has 0 aromatic heterocycles. The molecule has 0 amide bonds. The van der Waals surface area contributed by atoms with Crippen LogP contribution < -0.4 is 42.5 Å². The van der Waals surface area contributed by atoms with E-state index in [1.807, 2.05) is 0 Å². The molecule has 24 unspecified atom stereocenters. The molecule has 88 heavy (non-hydrogen) atoms. The second-order valence-electron chi connectivity index (χ2n) is 39.4. The Balaban J connectivity index is 1.27. The highest BCUT2D eigenvalue weighted by Gasteiger charge is 2.67. The van der Waals surface area contributed by atoms with Gasteiger partial charge >= 0.3 is 0 Å². The van der Waals surface area contributed by atoms with Gasteiger partial charge in [0.05, 0.1) is 127 Å². The Hall–Kier alpha value is -0.640. The Morgan fingerprint density at radius 2 is 0.341 bits per heavy atom. The largest absolute Gasteiger partial charge is 0.374 e. The van der Waals surface area contributed by atoms with Crippen LogP contribution in [0.3, 0.4) is 0 Å². The van der Waals surface area contributed by atoms with Gasteiger partial charge < -0.3 is 37.9 Å². The van der Waals surface area contributed by atoms with Gasteiger partial charge in [-0.1, -0.05) is 192 Å². The van der Waals surface area contributed by atoms with Crippen LogP contribution in [0.25, 0.3) is 0 Å².